The van der Waals surface area contributed by atoms with Crippen LogP contribution in [0.3, 0.4) is 0 Å². The van der Waals surface area contributed by atoms with Crippen LogP contribution in [0.2, 0.25) is 5.02 Å². The lowest BCUT2D eigenvalue weighted by Crippen LogP contribution is -2.28. The lowest BCUT2D eigenvalue weighted by Gasteiger charge is -2.24. The van der Waals surface area contributed by atoms with Gasteiger partial charge < -0.3 is 5.73 Å². The van der Waals surface area contributed by atoms with Crippen molar-refractivity contribution in [2.24, 2.45) is 15.9 Å². The Bertz CT molecular complexity index is 782. The molecule has 5 N–H and O–H groups in total. The third-order valence-electron chi connectivity index (χ3n) is 3.93. The summed E-state index contributed by atoms with van der Waals surface area (Å²) < 4.78 is 0. The first-order valence-corrected chi connectivity index (χ1v) is 7.56. The highest BCUT2D eigenvalue weighted by molar-refractivity contribution is 6.31. The molecule has 0 fully saturated rings. The molecule has 120 valence electrons. The molecule has 1 atom stereocenters. The Balaban J connectivity index is 2.02. The third-order valence-corrected chi connectivity index (χ3v) is 4.27. The Hall–Kier alpha value is -2.38. The molecule has 0 amide bonds. The summed E-state index contributed by atoms with van der Waals surface area (Å²) in [6, 6.07) is 7.77. The van der Waals surface area contributed by atoms with Crippen molar-refractivity contribution in [2.75, 3.05) is 0 Å². The van der Waals surface area contributed by atoms with E-state index in [9.17, 15) is 0 Å². The summed E-state index contributed by atoms with van der Waals surface area (Å²) in [6.07, 6.45) is 1.44. The Morgan fingerprint density at radius 1 is 1.43 bits per heavy atom. The number of rotatable bonds is 2. The molecule has 0 spiro atoms. The standard InChI is InChI=1S/C15H17ClN6O/c1-8-14-12(19-18-8)6-9(10-4-2-3-5-11(10)16)7-13(14)20-21-15(17)22-23/h2-5,9,23H,6-7H2,1H3,(H,18,19)(H3,17,21,22)/b20-13-. The normalized spacial score (nSPS) is 19.7. The first-order valence-electron chi connectivity index (χ1n) is 7.19. The maximum atomic E-state index is 8.73. The van der Waals surface area contributed by atoms with E-state index in [0.29, 0.717) is 6.42 Å². The van der Waals surface area contributed by atoms with Gasteiger partial charge in [-0.1, -0.05) is 29.8 Å². The van der Waals surface area contributed by atoms with Gasteiger partial charge in [-0.15, -0.1) is 5.10 Å². The van der Waals surface area contributed by atoms with Crippen LogP contribution in [0.4, 0.5) is 0 Å². The molecular formula is C15H17ClN6O. The predicted octanol–water partition coefficient (Wildman–Crippen LogP) is 2.10. The van der Waals surface area contributed by atoms with Gasteiger partial charge in [0.05, 0.1) is 11.4 Å². The van der Waals surface area contributed by atoms with Crippen molar-refractivity contribution in [3.05, 3.63) is 51.8 Å². The molecule has 2 aromatic rings. The average Bonchev–Trinajstić information content (AvgIpc) is 2.94. The number of nitrogens with two attached hydrogens (primary N) is 1. The number of aryl methyl sites for hydroxylation is 1. The number of nitrogens with zero attached hydrogens (tertiary/aromatic N) is 3. The maximum absolute atomic E-state index is 8.73. The molecule has 3 rings (SSSR count). The van der Waals surface area contributed by atoms with E-state index in [0.717, 1.165) is 39.7 Å². The topological polar surface area (TPSA) is 112 Å². The van der Waals surface area contributed by atoms with E-state index >= 15 is 0 Å². The quantitative estimate of drug-likeness (QED) is 0.383. The molecule has 1 aliphatic carbocycles. The first kappa shape index (κ1) is 15.5. The van der Waals surface area contributed by atoms with Gasteiger partial charge in [-0.25, -0.2) is 5.48 Å². The molecule has 0 saturated heterocycles. The van der Waals surface area contributed by atoms with E-state index in [1.54, 1.807) is 5.48 Å². The van der Waals surface area contributed by atoms with Crippen LogP contribution >= 0.6 is 11.6 Å². The summed E-state index contributed by atoms with van der Waals surface area (Å²) in [5, 5.41) is 24.8. The number of halogens is 1. The van der Waals surface area contributed by atoms with Crippen LogP contribution in [0.5, 0.6) is 0 Å². The number of nitrogens with one attached hydrogen (secondary N) is 2. The Morgan fingerprint density at radius 3 is 2.96 bits per heavy atom. The molecule has 7 nitrogen and oxygen atoms in total. The fraction of sp³-hybridized carbons (Fsp3) is 0.267. The minimum atomic E-state index is -0.167. The number of fused-ring (bicyclic) bond motifs is 1. The van der Waals surface area contributed by atoms with Crippen LogP contribution in [0.25, 0.3) is 0 Å². The lowest BCUT2D eigenvalue weighted by atomic mass is 9.81. The van der Waals surface area contributed by atoms with Crippen LogP contribution in [0.1, 0.15) is 34.9 Å². The molecule has 1 aromatic heterocycles. The van der Waals surface area contributed by atoms with Crippen molar-refractivity contribution in [1.82, 2.24) is 15.7 Å². The van der Waals surface area contributed by atoms with Gasteiger partial charge in [0.2, 0.25) is 5.96 Å². The minimum absolute atomic E-state index is 0.163. The second-order valence-corrected chi connectivity index (χ2v) is 5.85. The van der Waals surface area contributed by atoms with Gasteiger partial charge in [0.25, 0.3) is 0 Å². The zero-order valence-electron chi connectivity index (χ0n) is 12.5. The second-order valence-electron chi connectivity index (χ2n) is 5.44. The molecule has 1 aliphatic rings. The maximum Gasteiger partial charge on any atom is 0.237 e. The number of hydrogen-bond acceptors (Lipinski definition) is 4. The Labute approximate surface area is 138 Å². The number of hydrogen-bond donors (Lipinski definition) is 4. The van der Waals surface area contributed by atoms with E-state index in [1.807, 2.05) is 31.2 Å². The lowest BCUT2D eigenvalue weighted by molar-refractivity contribution is 0.232. The van der Waals surface area contributed by atoms with Gasteiger partial charge in [0, 0.05) is 16.3 Å². The summed E-state index contributed by atoms with van der Waals surface area (Å²) in [4.78, 5) is 0. The van der Waals surface area contributed by atoms with Crippen molar-refractivity contribution in [1.29, 1.82) is 0 Å². The van der Waals surface area contributed by atoms with E-state index in [2.05, 4.69) is 20.4 Å². The van der Waals surface area contributed by atoms with Gasteiger partial charge >= 0.3 is 0 Å². The average molecular weight is 333 g/mol. The summed E-state index contributed by atoms with van der Waals surface area (Å²) in [7, 11) is 0. The molecule has 0 aliphatic heterocycles. The smallest absolute Gasteiger partial charge is 0.237 e. The summed E-state index contributed by atoms with van der Waals surface area (Å²) >= 11 is 6.33. The summed E-state index contributed by atoms with van der Waals surface area (Å²) in [5.41, 5.74) is 11.8. The monoisotopic (exact) mass is 332 g/mol. The van der Waals surface area contributed by atoms with Crippen molar-refractivity contribution < 1.29 is 5.21 Å². The van der Waals surface area contributed by atoms with E-state index in [4.69, 9.17) is 22.5 Å². The molecule has 23 heavy (non-hydrogen) atoms. The molecule has 8 heteroatoms. The minimum Gasteiger partial charge on any atom is -0.367 e. The third kappa shape index (κ3) is 3.06. The highest BCUT2D eigenvalue weighted by Gasteiger charge is 2.29. The highest BCUT2D eigenvalue weighted by Crippen LogP contribution is 2.36. The van der Waals surface area contributed by atoms with Gasteiger partial charge in [0.15, 0.2) is 0 Å². The van der Waals surface area contributed by atoms with Crippen LogP contribution in [0, 0.1) is 6.92 Å². The summed E-state index contributed by atoms with van der Waals surface area (Å²) in [6.45, 7) is 1.94. The number of guanidine groups is 1. The highest BCUT2D eigenvalue weighted by atomic mass is 35.5. The number of benzene rings is 1. The van der Waals surface area contributed by atoms with Crippen molar-refractivity contribution in [2.45, 2.75) is 25.7 Å². The fourth-order valence-electron chi connectivity index (χ4n) is 2.90. The SMILES string of the molecule is Cc1[nH]nc2c1/C(=N\N=C(N)NO)CC(c1ccccc1Cl)C2. The fourth-order valence-corrected chi connectivity index (χ4v) is 3.19. The first-order chi connectivity index (χ1) is 11.1. The van der Waals surface area contributed by atoms with Gasteiger partial charge in [-0.05, 0) is 37.3 Å². The van der Waals surface area contributed by atoms with E-state index < -0.39 is 0 Å². The molecular weight excluding hydrogens is 316 g/mol. The molecule has 1 heterocycles. The van der Waals surface area contributed by atoms with E-state index in [-0.39, 0.29) is 11.9 Å². The molecule has 1 unspecified atom stereocenters. The number of hydroxylamine groups is 1. The van der Waals surface area contributed by atoms with Crippen LogP contribution in [-0.2, 0) is 6.42 Å². The Kier molecular flexibility index (Phi) is 4.31. The largest absolute Gasteiger partial charge is 0.367 e. The number of aromatic nitrogens is 2. The van der Waals surface area contributed by atoms with Crippen LogP contribution < -0.4 is 11.2 Å². The van der Waals surface area contributed by atoms with Gasteiger partial charge in [-0.2, -0.15) is 10.2 Å². The molecule has 0 radical (unpaired) electrons. The molecule has 1 aromatic carbocycles. The van der Waals surface area contributed by atoms with Crippen molar-refractivity contribution in [3.63, 3.8) is 0 Å². The van der Waals surface area contributed by atoms with Crippen molar-refractivity contribution >= 4 is 23.3 Å². The second kappa shape index (κ2) is 6.39. The van der Waals surface area contributed by atoms with Crippen LogP contribution in [-0.4, -0.2) is 27.1 Å². The van der Waals surface area contributed by atoms with Crippen molar-refractivity contribution in [3.8, 4) is 0 Å². The number of H-pyrrole nitrogens is 1. The predicted molar refractivity (Wildman–Crippen MR) is 88.9 cm³/mol. The zero-order chi connectivity index (χ0) is 16.4. The number of aromatic amines is 1. The van der Waals surface area contributed by atoms with E-state index in [1.165, 1.54) is 0 Å². The molecule has 0 saturated carbocycles. The zero-order valence-corrected chi connectivity index (χ0v) is 13.3. The van der Waals surface area contributed by atoms with Crippen LogP contribution in [0.15, 0.2) is 34.5 Å². The Morgan fingerprint density at radius 2 is 2.22 bits per heavy atom. The van der Waals surface area contributed by atoms with Gasteiger partial charge in [0.1, 0.15) is 0 Å². The molecule has 0 bridgehead atoms. The van der Waals surface area contributed by atoms with Gasteiger partial charge in [-0.3, -0.25) is 10.3 Å². The summed E-state index contributed by atoms with van der Waals surface area (Å²) in [5.74, 6) is -0.00350.